The zero-order chi connectivity index (χ0) is 16.3. The van der Waals surface area contributed by atoms with E-state index >= 15 is 0 Å². The molecule has 1 aromatic heterocycles. The van der Waals surface area contributed by atoms with Gasteiger partial charge in [0.1, 0.15) is 0 Å². The number of nitrogens with zero attached hydrogens (tertiary/aromatic N) is 4. The number of aliphatic imine (C=N–C) groups is 1. The predicted molar refractivity (Wildman–Crippen MR) is 95.6 cm³/mol. The molecule has 0 unspecified atom stereocenters. The molecule has 0 atom stereocenters. The third-order valence-electron chi connectivity index (χ3n) is 4.48. The molecule has 6 nitrogen and oxygen atoms in total. The highest BCUT2D eigenvalue weighted by molar-refractivity contribution is 5.79. The Hall–Kier alpha value is -1.56. The van der Waals surface area contributed by atoms with Gasteiger partial charge in [-0.15, -0.1) is 0 Å². The number of aromatic nitrogens is 2. The van der Waals surface area contributed by atoms with Crippen LogP contribution >= 0.6 is 0 Å². The summed E-state index contributed by atoms with van der Waals surface area (Å²) in [7, 11) is 3.77. The first-order valence-corrected chi connectivity index (χ1v) is 8.93. The Morgan fingerprint density at radius 1 is 1.17 bits per heavy atom. The van der Waals surface area contributed by atoms with Crippen molar-refractivity contribution in [3.63, 3.8) is 0 Å². The summed E-state index contributed by atoms with van der Waals surface area (Å²) in [6, 6.07) is 2.01. The van der Waals surface area contributed by atoms with E-state index in [2.05, 4.69) is 25.6 Å². The number of guanidine groups is 1. The number of hydrogen-bond donors (Lipinski definition) is 2. The van der Waals surface area contributed by atoms with E-state index in [4.69, 9.17) is 0 Å². The molecule has 0 saturated carbocycles. The highest BCUT2D eigenvalue weighted by atomic mass is 15.3. The molecule has 2 rings (SSSR count). The Kier molecular flexibility index (Phi) is 7.93. The number of hydrogen-bond acceptors (Lipinski definition) is 3. The van der Waals surface area contributed by atoms with Crippen molar-refractivity contribution in [3.8, 4) is 0 Å². The van der Waals surface area contributed by atoms with Crippen LogP contribution in [0.1, 0.15) is 44.2 Å². The zero-order valence-corrected chi connectivity index (χ0v) is 14.7. The second-order valence-corrected chi connectivity index (χ2v) is 6.26. The van der Waals surface area contributed by atoms with Crippen LogP contribution in [0.25, 0.3) is 0 Å². The van der Waals surface area contributed by atoms with Gasteiger partial charge in [0, 0.05) is 26.8 Å². The summed E-state index contributed by atoms with van der Waals surface area (Å²) >= 11 is 0. The van der Waals surface area contributed by atoms with Gasteiger partial charge in [-0.3, -0.25) is 9.67 Å². The molecular weight excluding hydrogens is 288 g/mol. The largest absolute Gasteiger partial charge is 0.356 e. The monoisotopic (exact) mass is 320 g/mol. The number of rotatable bonds is 8. The van der Waals surface area contributed by atoms with Gasteiger partial charge >= 0.3 is 0 Å². The van der Waals surface area contributed by atoms with E-state index in [0.29, 0.717) is 0 Å². The molecule has 6 heteroatoms. The van der Waals surface area contributed by atoms with Crippen LogP contribution < -0.4 is 10.6 Å². The summed E-state index contributed by atoms with van der Waals surface area (Å²) in [5.74, 6) is 0.863. The molecule has 1 aliphatic heterocycles. The van der Waals surface area contributed by atoms with E-state index in [1.807, 2.05) is 31.0 Å². The van der Waals surface area contributed by atoms with Crippen LogP contribution in [-0.4, -0.2) is 53.9 Å². The Balaban J connectivity index is 1.51. The molecule has 1 aromatic rings. The van der Waals surface area contributed by atoms with Crippen molar-refractivity contribution in [2.75, 3.05) is 33.2 Å². The topological polar surface area (TPSA) is 57.5 Å². The minimum absolute atomic E-state index is 0.741. The maximum absolute atomic E-state index is 4.26. The normalized spacial score (nSPS) is 16.5. The van der Waals surface area contributed by atoms with E-state index in [9.17, 15) is 0 Å². The fourth-order valence-electron chi connectivity index (χ4n) is 3.00. The van der Waals surface area contributed by atoms with E-state index in [-0.39, 0.29) is 0 Å². The summed E-state index contributed by atoms with van der Waals surface area (Å²) in [4.78, 5) is 6.88. The van der Waals surface area contributed by atoms with Gasteiger partial charge in [-0.1, -0.05) is 12.8 Å². The molecule has 2 heterocycles. The van der Waals surface area contributed by atoms with Gasteiger partial charge in [0.2, 0.25) is 0 Å². The lowest BCUT2D eigenvalue weighted by atomic mass is 10.1. The molecule has 0 aromatic carbocycles. The molecule has 0 bridgehead atoms. The van der Waals surface area contributed by atoms with Gasteiger partial charge in [0.15, 0.2) is 5.96 Å². The minimum Gasteiger partial charge on any atom is -0.356 e. The van der Waals surface area contributed by atoms with Crippen molar-refractivity contribution in [2.24, 2.45) is 12.0 Å². The lowest BCUT2D eigenvalue weighted by Gasteiger charge is -2.26. The van der Waals surface area contributed by atoms with Gasteiger partial charge in [-0.2, -0.15) is 5.10 Å². The number of unbranched alkanes of at least 4 members (excludes halogenated alkanes) is 2. The van der Waals surface area contributed by atoms with Gasteiger partial charge < -0.3 is 15.5 Å². The smallest absolute Gasteiger partial charge is 0.191 e. The molecule has 2 N–H and O–H groups in total. The Morgan fingerprint density at radius 2 is 2.00 bits per heavy atom. The number of piperidine rings is 1. The van der Waals surface area contributed by atoms with Crippen LogP contribution in [0.2, 0.25) is 0 Å². The van der Waals surface area contributed by atoms with E-state index in [1.54, 1.807) is 0 Å². The Morgan fingerprint density at radius 3 is 2.70 bits per heavy atom. The summed E-state index contributed by atoms with van der Waals surface area (Å²) in [6.45, 7) is 5.61. The van der Waals surface area contributed by atoms with Gasteiger partial charge in [0.25, 0.3) is 0 Å². The highest BCUT2D eigenvalue weighted by Crippen LogP contribution is 2.09. The summed E-state index contributed by atoms with van der Waals surface area (Å²) < 4.78 is 1.88. The predicted octanol–water partition coefficient (Wildman–Crippen LogP) is 1.74. The van der Waals surface area contributed by atoms with E-state index < -0.39 is 0 Å². The number of likely N-dealkylation sites (tertiary alicyclic amines) is 1. The number of aryl methyl sites for hydroxylation is 1. The fraction of sp³-hybridized carbons (Fsp3) is 0.765. The molecule has 130 valence electrons. The summed E-state index contributed by atoms with van der Waals surface area (Å²) in [5.41, 5.74) is 1.15. The molecule has 0 radical (unpaired) electrons. The first kappa shape index (κ1) is 17.8. The van der Waals surface area contributed by atoms with Gasteiger partial charge in [-0.25, -0.2) is 0 Å². The SMILES string of the molecule is CN=C(NCCCCCN1CCCCC1)NCc1ccnn1C. The summed E-state index contributed by atoms with van der Waals surface area (Å²) in [6.07, 6.45) is 9.80. The average Bonchev–Trinajstić information content (AvgIpc) is 2.99. The molecule has 1 fully saturated rings. The maximum Gasteiger partial charge on any atom is 0.191 e. The molecule has 0 spiro atoms. The van der Waals surface area contributed by atoms with E-state index in [0.717, 1.165) is 24.7 Å². The second-order valence-electron chi connectivity index (χ2n) is 6.26. The molecule has 23 heavy (non-hydrogen) atoms. The minimum atomic E-state index is 0.741. The first-order valence-electron chi connectivity index (χ1n) is 8.93. The van der Waals surface area contributed by atoms with E-state index in [1.165, 1.54) is 58.2 Å². The summed E-state index contributed by atoms with van der Waals surface area (Å²) in [5, 5.41) is 10.9. The average molecular weight is 320 g/mol. The molecule has 1 saturated heterocycles. The zero-order valence-electron chi connectivity index (χ0n) is 14.7. The third kappa shape index (κ3) is 6.60. The van der Waals surface area contributed by atoms with Crippen LogP contribution in [-0.2, 0) is 13.6 Å². The van der Waals surface area contributed by atoms with Crippen molar-refractivity contribution in [3.05, 3.63) is 18.0 Å². The highest BCUT2D eigenvalue weighted by Gasteiger charge is 2.08. The Bertz CT molecular complexity index is 461. The molecule has 1 aliphatic rings. The lowest BCUT2D eigenvalue weighted by Crippen LogP contribution is -2.37. The van der Waals surface area contributed by atoms with Crippen molar-refractivity contribution >= 4 is 5.96 Å². The fourth-order valence-corrected chi connectivity index (χ4v) is 3.00. The standard InChI is InChI=1S/C17H32N6/c1-18-17(20-15-16-9-11-21-22(16)2)19-10-5-3-6-12-23-13-7-4-8-14-23/h9,11H,3-8,10,12-15H2,1-2H3,(H2,18,19,20). The lowest BCUT2D eigenvalue weighted by molar-refractivity contribution is 0.224. The van der Waals surface area contributed by atoms with Crippen molar-refractivity contribution < 1.29 is 0 Å². The number of nitrogens with one attached hydrogen (secondary N) is 2. The van der Waals surface area contributed by atoms with Gasteiger partial charge in [0.05, 0.1) is 12.2 Å². The van der Waals surface area contributed by atoms with Crippen LogP contribution in [0.3, 0.4) is 0 Å². The quantitative estimate of drug-likeness (QED) is 0.435. The van der Waals surface area contributed by atoms with Crippen LogP contribution in [0.4, 0.5) is 0 Å². The van der Waals surface area contributed by atoms with Crippen molar-refractivity contribution in [1.29, 1.82) is 0 Å². The van der Waals surface area contributed by atoms with Crippen LogP contribution in [0, 0.1) is 0 Å². The van der Waals surface area contributed by atoms with Crippen molar-refractivity contribution in [2.45, 2.75) is 45.1 Å². The van der Waals surface area contributed by atoms with Crippen molar-refractivity contribution in [1.82, 2.24) is 25.3 Å². The van der Waals surface area contributed by atoms with Crippen LogP contribution in [0.15, 0.2) is 17.3 Å². The maximum atomic E-state index is 4.26. The Labute approximate surface area is 140 Å². The van der Waals surface area contributed by atoms with Crippen LogP contribution in [0.5, 0.6) is 0 Å². The second kappa shape index (κ2) is 10.3. The first-order chi connectivity index (χ1) is 11.3. The third-order valence-corrected chi connectivity index (χ3v) is 4.48. The molecule has 0 amide bonds. The molecular formula is C17H32N6. The molecule has 0 aliphatic carbocycles. The van der Waals surface area contributed by atoms with Gasteiger partial charge in [-0.05, 0) is 51.4 Å².